The van der Waals surface area contributed by atoms with Crippen molar-refractivity contribution < 1.29 is 9.53 Å². The average molecular weight is 267 g/mol. The normalized spacial score (nSPS) is 23.6. The number of rotatable bonds is 4. The molecule has 1 saturated carbocycles. The highest BCUT2D eigenvalue weighted by molar-refractivity contribution is 7.07. The van der Waals surface area contributed by atoms with E-state index in [0.717, 1.165) is 31.2 Å². The summed E-state index contributed by atoms with van der Waals surface area (Å²) < 4.78 is 9.65. The summed E-state index contributed by atoms with van der Waals surface area (Å²) >= 11 is 1.18. The first-order valence-electron chi connectivity index (χ1n) is 6.44. The van der Waals surface area contributed by atoms with Crippen LogP contribution in [0.3, 0.4) is 0 Å². The molecular formula is C12H17N3O2S. The molecule has 1 aromatic heterocycles. The predicted molar refractivity (Wildman–Crippen MR) is 67.6 cm³/mol. The molecule has 3 rings (SSSR count). The van der Waals surface area contributed by atoms with Gasteiger partial charge in [0.05, 0.1) is 11.8 Å². The minimum Gasteiger partial charge on any atom is -0.376 e. The van der Waals surface area contributed by atoms with Crippen LogP contribution < -0.4 is 0 Å². The fourth-order valence-electron chi connectivity index (χ4n) is 2.18. The fourth-order valence-corrected chi connectivity index (χ4v) is 2.80. The number of hydrogen-bond donors (Lipinski definition) is 0. The minimum absolute atomic E-state index is 0.0556. The van der Waals surface area contributed by atoms with Crippen molar-refractivity contribution in [3.63, 3.8) is 0 Å². The van der Waals surface area contributed by atoms with Gasteiger partial charge in [0.2, 0.25) is 0 Å². The second-order valence-corrected chi connectivity index (χ2v) is 5.88. The van der Waals surface area contributed by atoms with Gasteiger partial charge in [-0.2, -0.15) is 0 Å². The Morgan fingerprint density at radius 1 is 1.50 bits per heavy atom. The van der Waals surface area contributed by atoms with E-state index in [9.17, 15) is 4.79 Å². The van der Waals surface area contributed by atoms with E-state index in [1.54, 1.807) is 0 Å². The molecule has 1 aliphatic heterocycles. The topological polar surface area (TPSA) is 55.3 Å². The Hall–Kier alpha value is -1.01. The molecule has 0 spiro atoms. The molecule has 5 nitrogen and oxygen atoms in total. The third-order valence-electron chi connectivity index (χ3n) is 3.54. The van der Waals surface area contributed by atoms with Gasteiger partial charge in [0.1, 0.15) is 4.88 Å². The molecule has 2 fully saturated rings. The van der Waals surface area contributed by atoms with Crippen LogP contribution in [0.25, 0.3) is 0 Å². The van der Waals surface area contributed by atoms with Gasteiger partial charge in [0, 0.05) is 19.7 Å². The zero-order valence-electron chi connectivity index (χ0n) is 10.5. The Morgan fingerprint density at radius 3 is 3.00 bits per heavy atom. The van der Waals surface area contributed by atoms with E-state index in [2.05, 4.69) is 9.59 Å². The van der Waals surface area contributed by atoms with Gasteiger partial charge in [-0.1, -0.05) is 4.49 Å². The number of nitrogens with zero attached hydrogens (tertiary/aromatic N) is 3. The largest absolute Gasteiger partial charge is 0.376 e. The molecule has 1 unspecified atom stereocenters. The van der Waals surface area contributed by atoms with Crippen molar-refractivity contribution in [2.24, 2.45) is 5.92 Å². The van der Waals surface area contributed by atoms with E-state index in [1.807, 2.05) is 11.8 Å². The predicted octanol–water partition coefficient (Wildman–Crippen LogP) is 1.49. The van der Waals surface area contributed by atoms with Gasteiger partial charge in [-0.25, -0.2) is 0 Å². The molecule has 1 amide bonds. The maximum Gasteiger partial charge on any atom is 0.267 e. The van der Waals surface area contributed by atoms with E-state index in [0.29, 0.717) is 11.4 Å². The number of aryl methyl sites for hydroxylation is 1. The second kappa shape index (κ2) is 4.93. The molecule has 0 aromatic carbocycles. The lowest BCUT2D eigenvalue weighted by Crippen LogP contribution is -2.30. The highest BCUT2D eigenvalue weighted by Gasteiger charge is 2.31. The molecule has 2 heterocycles. The number of amides is 1. The summed E-state index contributed by atoms with van der Waals surface area (Å²) in [6, 6.07) is 0. The minimum atomic E-state index is 0.0556. The number of aromatic nitrogens is 2. The third-order valence-corrected chi connectivity index (χ3v) is 4.36. The first kappa shape index (κ1) is 12.0. The van der Waals surface area contributed by atoms with Crippen LogP contribution in [0, 0.1) is 12.8 Å². The van der Waals surface area contributed by atoms with Crippen LogP contribution in [0.5, 0.6) is 0 Å². The van der Waals surface area contributed by atoms with E-state index < -0.39 is 0 Å². The Morgan fingerprint density at radius 2 is 2.33 bits per heavy atom. The van der Waals surface area contributed by atoms with Crippen molar-refractivity contribution in [2.75, 3.05) is 19.7 Å². The van der Waals surface area contributed by atoms with Crippen LogP contribution in [0.4, 0.5) is 0 Å². The number of hydrogen-bond acceptors (Lipinski definition) is 5. The Labute approximate surface area is 110 Å². The van der Waals surface area contributed by atoms with Gasteiger partial charge < -0.3 is 9.64 Å². The van der Waals surface area contributed by atoms with Crippen LogP contribution in [0.1, 0.15) is 34.6 Å². The molecule has 1 atom stereocenters. The van der Waals surface area contributed by atoms with Crippen LogP contribution in [0.15, 0.2) is 0 Å². The van der Waals surface area contributed by atoms with Crippen LogP contribution in [-0.4, -0.2) is 46.2 Å². The smallest absolute Gasteiger partial charge is 0.267 e. The monoisotopic (exact) mass is 267 g/mol. The van der Waals surface area contributed by atoms with E-state index in [4.69, 9.17) is 4.74 Å². The lowest BCUT2D eigenvalue weighted by Gasteiger charge is -2.15. The molecular weight excluding hydrogens is 250 g/mol. The first-order chi connectivity index (χ1) is 8.74. The summed E-state index contributed by atoms with van der Waals surface area (Å²) in [5, 5.41) is 3.89. The van der Waals surface area contributed by atoms with Crippen molar-refractivity contribution in [3.8, 4) is 0 Å². The first-order valence-corrected chi connectivity index (χ1v) is 7.21. The molecule has 1 saturated heterocycles. The molecule has 0 N–H and O–H groups in total. The zero-order chi connectivity index (χ0) is 12.5. The summed E-state index contributed by atoms with van der Waals surface area (Å²) in [5.74, 6) is 0.836. The van der Waals surface area contributed by atoms with Crippen molar-refractivity contribution in [1.82, 2.24) is 14.5 Å². The van der Waals surface area contributed by atoms with Crippen LogP contribution in [-0.2, 0) is 4.74 Å². The van der Waals surface area contributed by atoms with Gasteiger partial charge in [-0.15, -0.1) is 5.10 Å². The molecule has 2 aliphatic rings. The standard InChI is InChI=1S/C12H17N3O2S/c1-8-11(18-14-13-8)12(16)15-5-4-10(6-15)17-7-9-2-3-9/h9-10H,2-7H2,1H3. The average Bonchev–Trinajstić information content (AvgIpc) is 2.90. The number of carbonyl (C=O) groups is 1. The summed E-state index contributed by atoms with van der Waals surface area (Å²) in [6.07, 6.45) is 3.78. The molecule has 1 aliphatic carbocycles. The number of ether oxygens (including phenoxy) is 1. The quantitative estimate of drug-likeness (QED) is 0.829. The van der Waals surface area contributed by atoms with E-state index in [-0.39, 0.29) is 12.0 Å². The van der Waals surface area contributed by atoms with Gasteiger partial charge >= 0.3 is 0 Å². The zero-order valence-corrected chi connectivity index (χ0v) is 11.3. The SMILES string of the molecule is Cc1nnsc1C(=O)N1CCC(OCC2CC2)C1. The second-order valence-electron chi connectivity index (χ2n) is 5.13. The highest BCUT2D eigenvalue weighted by atomic mass is 32.1. The summed E-state index contributed by atoms with van der Waals surface area (Å²) in [7, 11) is 0. The Balaban J connectivity index is 1.54. The molecule has 1 aromatic rings. The van der Waals surface area contributed by atoms with E-state index in [1.165, 1.54) is 24.4 Å². The van der Waals surface area contributed by atoms with Crippen molar-refractivity contribution in [2.45, 2.75) is 32.3 Å². The summed E-state index contributed by atoms with van der Waals surface area (Å²) in [5.41, 5.74) is 0.729. The van der Waals surface area contributed by atoms with Crippen LogP contribution >= 0.6 is 11.5 Å². The maximum atomic E-state index is 12.2. The lowest BCUT2D eigenvalue weighted by molar-refractivity contribution is 0.0481. The highest BCUT2D eigenvalue weighted by Crippen LogP contribution is 2.30. The van der Waals surface area contributed by atoms with Gasteiger partial charge in [0.25, 0.3) is 5.91 Å². The molecule has 0 bridgehead atoms. The van der Waals surface area contributed by atoms with Gasteiger partial charge in [0.15, 0.2) is 0 Å². The van der Waals surface area contributed by atoms with E-state index >= 15 is 0 Å². The van der Waals surface area contributed by atoms with Gasteiger partial charge in [-0.05, 0) is 43.6 Å². The summed E-state index contributed by atoms with van der Waals surface area (Å²) in [6.45, 7) is 4.19. The molecule has 6 heteroatoms. The van der Waals surface area contributed by atoms with Gasteiger partial charge in [-0.3, -0.25) is 4.79 Å². The molecule has 0 radical (unpaired) electrons. The van der Waals surface area contributed by atoms with Crippen molar-refractivity contribution >= 4 is 17.4 Å². The third kappa shape index (κ3) is 2.54. The fraction of sp³-hybridized carbons (Fsp3) is 0.750. The van der Waals surface area contributed by atoms with Crippen molar-refractivity contribution in [3.05, 3.63) is 10.6 Å². The lowest BCUT2D eigenvalue weighted by atomic mass is 10.3. The van der Waals surface area contributed by atoms with Crippen molar-refractivity contribution in [1.29, 1.82) is 0 Å². The Bertz CT molecular complexity index is 444. The number of likely N-dealkylation sites (tertiary alicyclic amines) is 1. The van der Waals surface area contributed by atoms with Crippen LogP contribution in [0.2, 0.25) is 0 Å². The summed E-state index contributed by atoms with van der Waals surface area (Å²) in [4.78, 5) is 14.8. The number of carbonyl (C=O) groups excluding carboxylic acids is 1. The molecule has 18 heavy (non-hydrogen) atoms. The maximum absolute atomic E-state index is 12.2. The molecule has 98 valence electrons. The Kier molecular flexibility index (Phi) is 3.30.